The van der Waals surface area contributed by atoms with Gasteiger partial charge in [-0.05, 0) is 24.7 Å². The van der Waals surface area contributed by atoms with Crippen molar-refractivity contribution in [3.05, 3.63) is 23.8 Å². The topological polar surface area (TPSA) is 91.4 Å². The molecule has 0 amide bonds. The molecule has 0 aliphatic rings. The SMILES string of the molecule is CNCC(O)C(O)c1ccc2sc(N)nc2c1. The highest BCUT2D eigenvalue weighted by Crippen LogP contribution is 2.27. The van der Waals surface area contributed by atoms with E-state index in [1.165, 1.54) is 11.3 Å². The number of likely N-dealkylation sites (N-methyl/N-ethyl adjacent to an activating group) is 1. The number of benzene rings is 1. The molecule has 2 atom stereocenters. The van der Waals surface area contributed by atoms with Crippen LogP contribution in [-0.4, -0.2) is 34.9 Å². The maximum Gasteiger partial charge on any atom is 0.181 e. The molecular formula is C11H15N3O2S. The molecule has 17 heavy (non-hydrogen) atoms. The first-order chi connectivity index (χ1) is 8.11. The molecule has 5 N–H and O–H groups in total. The van der Waals surface area contributed by atoms with Crippen LogP contribution in [0.1, 0.15) is 11.7 Å². The third kappa shape index (κ3) is 2.55. The molecule has 1 aromatic heterocycles. The van der Waals surface area contributed by atoms with Crippen LogP contribution in [-0.2, 0) is 0 Å². The summed E-state index contributed by atoms with van der Waals surface area (Å²) in [7, 11) is 1.72. The lowest BCUT2D eigenvalue weighted by molar-refractivity contribution is 0.0203. The summed E-state index contributed by atoms with van der Waals surface area (Å²) in [5, 5.41) is 23.0. The Morgan fingerprint density at radius 3 is 2.94 bits per heavy atom. The Bertz CT molecular complexity index is 514. The first kappa shape index (κ1) is 12.3. The Morgan fingerprint density at radius 2 is 2.24 bits per heavy atom. The minimum atomic E-state index is -0.922. The highest BCUT2D eigenvalue weighted by Gasteiger charge is 2.18. The van der Waals surface area contributed by atoms with E-state index in [1.807, 2.05) is 6.07 Å². The van der Waals surface area contributed by atoms with Gasteiger partial charge in [-0.2, -0.15) is 0 Å². The van der Waals surface area contributed by atoms with Crippen LogP contribution in [0.5, 0.6) is 0 Å². The zero-order valence-corrected chi connectivity index (χ0v) is 10.2. The van der Waals surface area contributed by atoms with Gasteiger partial charge in [0.15, 0.2) is 5.13 Å². The Labute approximate surface area is 103 Å². The van der Waals surface area contributed by atoms with Gasteiger partial charge in [-0.3, -0.25) is 0 Å². The summed E-state index contributed by atoms with van der Waals surface area (Å²) in [5.74, 6) is 0. The smallest absolute Gasteiger partial charge is 0.181 e. The lowest BCUT2D eigenvalue weighted by Crippen LogP contribution is -2.29. The first-order valence-electron chi connectivity index (χ1n) is 5.28. The van der Waals surface area contributed by atoms with E-state index in [1.54, 1.807) is 19.2 Å². The molecule has 0 spiro atoms. The molecule has 2 unspecified atom stereocenters. The van der Waals surface area contributed by atoms with Gasteiger partial charge in [0.1, 0.15) is 6.10 Å². The number of rotatable bonds is 4. The van der Waals surface area contributed by atoms with E-state index in [0.29, 0.717) is 17.2 Å². The number of aliphatic hydroxyl groups is 2. The summed E-state index contributed by atoms with van der Waals surface area (Å²) < 4.78 is 0.974. The Hall–Kier alpha value is -1.21. The van der Waals surface area contributed by atoms with Crippen LogP contribution in [0.4, 0.5) is 5.13 Å². The summed E-state index contributed by atoms with van der Waals surface area (Å²) >= 11 is 1.40. The maximum atomic E-state index is 9.94. The van der Waals surface area contributed by atoms with Gasteiger partial charge in [-0.1, -0.05) is 17.4 Å². The maximum absolute atomic E-state index is 9.94. The van der Waals surface area contributed by atoms with Crippen molar-refractivity contribution in [2.24, 2.45) is 0 Å². The lowest BCUT2D eigenvalue weighted by atomic mass is 10.0. The van der Waals surface area contributed by atoms with Crippen LogP contribution < -0.4 is 11.1 Å². The van der Waals surface area contributed by atoms with Gasteiger partial charge in [0.25, 0.3) is 0 Å². The Kier molecular flexibility index (Phi) is 3.58. The van der Waals surface area contributed by atoms with Crippen LogP contribution in [0, 0.1) is 0 Å². The summed E-state index contributed by atoms with van der Waals surface area (Å²) in [6.07, 6.45) is -1.76. The quantitative estimate of drug-likeness (QED) is 0.636. The van der Waals surface area contributed by atoms with Crippen molar-refractivity contribution in [2.75, 3.05) is 19.3 Å². The van der Waals surface area contributed by atoms with Crippen molar-refractivity contribution in [2.45, 2.75) is 12.2 Å². The van der Waals surface area contributed by atoms with Gasteiger partial charge in [0.2, 0.25) is 0 Å². The van der Waals surface area contributed by atoms with Gasteiger partial charge >= 0.3 is 0 Å². The number of anilines is 1. The average molecular weight is 253 g/mol. The van der Waals surface area contributed by atoms with Gasteiger partial charge in [0.05, 0.1) is 16.3 Å². The number of fused-ring (bicyclic) bond motifs is 1. The zero-order valence-electron chi connectivity index (χ0n) is 9.42. The molecule has 5 nitrogen and oxygen atoms in total. The third-order valence-electron chi connectivity index (χ3n) is 2.55. The number of hydrogen-bond donors (Lipinski definition) is 4. The van der Waals surface area contributed by atoms with E-state index in [4.69, 9.17) is 5.73 Å². The summed E-state index contributed by atoms with van der Waals surface area (Å²) in [4.78, 5) is 4.15. The molecular weight excluding hydrogens is 238 g/mol. The molecule has 92 valence electrons. The Morgan fingerprint density at radius 1 is 1.47 bits per heavy atom. The molecule has 0 saturated carbocycles. The number of nitrogens with one attached hydrogen (secondary N) is 1. The minimum absolute atomic E-state index is 0.332. The van der Waals surface area contributed by atoms with E-state index in [9.17, 15) is 10.2 Å². The predicted molar refractivity (Wildman–Crippen MR) is 68.9 cm³/mol. The van der Waals surface area contributed by atoms with Crippen LogP contribution in [0.3, 0.4) is 0 Å². The molecule has 2 aromatic rings. The Balaban J connectivity index is 2.28. The summed E-state index contributed by atoms with van der Waals surface area (Å²) in [6, 6.07) is 5.39. The molecule has 1 heterocycles. The highest BCUT2D eigenvalue weighted by atomic mass is 32.1. The van der Waals surface area contributed by atoms with Crippen LogP contribution in [0.15, 0.2) is 18.2 Å². The molecule has 6 heteroatoms. The second-order valence-electron chi connectivity index (χ2n) is 3.85. The first-order valence-corrected chi connectivity index (χ1v) is 6.10. The van der Waals surface area contributed by atoms with Gasteiger partial charge < -0.3 is 21.3 Å². The minimum Gasteiger partial charge on any atom is -0.389 e. The van der Waals surface area contributed by atoms with E-state index < -0.39 is 12.2 Å². The number of hydrogen-bond acceptors (Lipinski definition) is 6. The molecule has 0 bridgehead atoms. The third-order valence-corrected chi connectivity index (χ3v) is 3.41. The van der Waals surface area contributed by atoms with Crippen molar-refractivity contribution in [3.8, 4) is 0 Å². The van der Waals surface area contributed by atoms with Crippen LogP contribution >= 0.6 is 11.3 Å². The monoisotopic (exact) mass is 253 g/mol. The predicted octanol–water partition coefficient (Wildman–Crippen LogP) is 0.492. The number of nitrogens with two attached hydrogens (primary N) is 1. The number of nitrogen functional groups attached to an aromatic ring is 1. The second-order valence-corrected chi connectivity index (χ2v) is 4.91. The molecule has 0 saturated heterocycles. The van der Waals surface area contributed by atoms with Crippen molar-refractivity contribution in [1.82, 2.24) is 10.3 Å². The van der Waals surface area contributed by atoms with Crippen molar-refractivity contribution in [1.29, 1.82) is 0 Å². The van der Waals surface area contributed by atoms with Crippen LogP contribution in [0.2, 0.25) is 0 Å². The van der Waals surface area contributed by atoms with Crippen molar-refractivity contribution >= 4 is 26.7 Å². The second kappa shape index (κ2) is 4.97. The largest absolute Gasteiger partial charge is 0.389 e. The number of aliphatic hydroxyl groups excluding tert-OH is 2. The lowest BCUT2D eigenvalue weighted by Gasteiger charge is -2.17. The van der Waals surface area contributed by atoms with Gasteiger partial charge in [-0.15, -0.1) is 0 Å². The van der Waals surface area contributed by atoms with Gasteiger partial charge in [-0.25, -0.2) is 4.98 Å². The summed E-state index contributed by atoms with van der Waals surface area (Å²) in [6.45, 7) is 0.332. The van der Waals surface area contributed by atoms with Crippen molar-refractivity contribution in [3.63, 3.8) is 0 Å². The zero-order chi connectivity index (χ0) is 12.4. The fourth-order valence-corrected chi connectivity index (χ4v) is 2.40. The van der Waals surface area contributed by atoms with Gasteiger partial charge in [0, 0.05) is 6.54 Å². The molecule has 0 radical (unpaired) electrons. The number of aromatic nitrogens is 1. The number of thiazole rings is 1. The molecule has 2 rings (SSSR count). The molecule has 0 aliphatic carbocycles. The normalized spacial score (nSPS) is 15.0. The molecule has 1 aromatic carbocycles. The van der Waals surface area contributed by atoms with E-state index in [0.717, 1.165) is 10.2 Å². The standard InChI is InChI=1S/C11H15N3O2S/c1-13-5-8(15)10(16)6-2-3-9-7(4-6)14-11(12)17-9/h2-4,8,10,13,15-16H,5H2,1H3,(H2,12,14). The molecule has 0 fully saturated rings. The average Bonchev–Trinajstić information content (AvgIpc) is 2.67. The fourth-order valence-electron chi connectivity index (χ4n) is 1.69. The van der Waals surface area contributed by atoms with E-state index in [2.05, 4.69) is 10.3 Å². The molecule has 0 aliphatic heterocycles. The van der Waals surface area contributed by atoms with Crippen molar-refractivity contribution < 1.29 is 10.2 Å². The highest BCUT2D eigenvalue weighted by molar-refractivity contribution is 7.22. The number of nitrogens with zero attached hydrogens (tertiary/aromatic N) is 1. The van der Waals surface area contributed by atoms with E-state index >= 15 is 0 Å². The van der Waals surface area contributed by atoms with Crippen LogP contribution in [0.25, 0.3) is 10.2 Å². The van der Waals surface area contributed by atoms with E-state index in [-0.39, 0.29) is 0 Å². The fraction of sp³-hybridized carbons (Fsp3) is 0.364. The summed E-state index contributed by atoms with van der Waals surface area (Å²) in [5.41, 5.74) is 7.00.